The molecule has 0 heterocycles. The molecule has 0 aromatic carbocycles. The van der Waals surface area contributed by atoms with Crippen molar-refractivity contribution in [1.29, 1.82) is 0 Å². The number of nitrogens with one attached hydrogen (secondary N) is 2. The third kappa shape index (κ3) is 13.8. The average molecular weight is 403 g/mol. The first-order valence-corrected chi connectivity index (χ1v) is 6.32. The molecule has 0 aliphatic carbocycles. The number of nitrogens with zero attached hydrogens (tertiary/aromatic N) is 1. The third-order valence-corrected chi connectivity index (χ3v) is 2.26. The number of hydrogen-bond donors (Lipinski definition) is 2. The molecule has 0 bridgehead atoms. The van der Waals surface area contributed by atoms with Crippen LogP contribution >= 0.6 is 24.0 Å². The van der Waals surface area contributed by atoms with Crippen molar-refractivity contribution in [3.8, 4) is 0 Å². The highest BCUT2D eigenvalue weighted by molar-refractivity contribution is 14.0. The number of halogens is 1. The zero-order chi connectivity index (χ0) is 14.3. The Kier molecular flexibility index (Phi) is 17.8. The lowest BCUT2D eigenvalue weighted by Gasteiger charge is -2.11. The Morgan fingerprint density at radius 3 is 2.40 bits per heavy atom. The van der Waals surface area contributed by atoms with Crippen molar-refractivity contribution in [3.05, 3.63) is 0 Å². The predicted octanol–water partition coefficient (Wildman–Crippen LogP) is 0.386. The van der Waals surface area contributed by atoms with Gasteiger partial charge in [-0.1, -0.05) is 0 Å². The Morgan fingerprint density at radius 1 is 1.10 bits per heavy atom. The highest BCUT2D eigenvalue weighted by Crippen LogP contribution is 1.83. The van der Waals surface area contributed by atoms with Gasteiger partial charge < -0.3 is 24.8 Å². The number of carbonyl (C=O) groups excluding carboxylic acids is 1. The van der Waals surface area contributed by atoms with Gasteiger partial charge in [-0.25, -0.2) is 0 Å². The molecule has 0 fully saturated rings. The van der Waals surface area contributed by atoms with Crippen LogP contribution in [0.5, 0.6) is 0 Å². The lowest BCUT2D eigenvalue weighted by molar-refractivity contribution is -0.140. The number of ether oxygens (including phenoxy) is 3. The molecule has 0 atom stereocenters. The van der Waals surface area contributed by atoms with Crippen LogP contribution in [0, 0.1) is 0 Å². The van der Waals surface area contributed by atoms with Crippen molar-refractivity contribution >= 4 is 35.9 Å². The minimum atomic E-state index is -0.241. The smallest absolute Gasteiger partial charge is 0.307 e. The summed E-state index contributed by atoms with van der Waals surface area (Å²) >= 11 is 0. The monoisotopic (exact) mass is 403 g/mol. The molecule has 0 saturated heterocycles. The van der Waals surface area contributed by atoms with Crippen LogP contribution in [-0.2, 0) is 19.0 Å². The Labute approximate surface area is 137 Å². The van der Waals surface area contributed by atoms with E-state index in [1.165, 1.54) is 7.11 Å². The van der Waals surface area contributed by atoms with Crippen LogP contribution in [0.15, 0.2) is 4.99 Å². The maximum Gasteiger partial charge on any atom is 0.307 e. The summed E-state index contributed by atoms with van der Waals surface area (Å²) in [6.45, 7) is 3.16. The van der Waals surface area contributed by atoms with E-state index in [0.29, 0.717) is 38.7 Å². The molecule has 20 heavy (non-hydrogen) atoms. The molecule has 0 unspecified atom stereocenters. The van der Waals surface area contributed by atoms with Gasteiger partial charge in [0.25, 0.3) is 0 Å². The number of esters is 1. The molecule has 0 aliphatic heterocycles. The van der Waals surface area contributed by atoms with E-state index in [1.807, 2.05) is 0 Å². The minimum absolute atomic E-state index is 0. The summed E-state index contributed by atoms with van der Waals surface area (Å²) in [6.07, 6.45) is 1.19. The number of carbonyl (C=O) groups is 1. The third-order valence-electron chi connectivity index (χ3n) is 2.26. The summed E-state index contributed by atoms with van der Waals surface area (Å²) in [7, 11) is 4.70. The second-order valence-electron chi connectivity index (χ2n) is 3.71. The van der Waals surface area contributed by atoms with Gasteiger partial charge in [-0.15, -0.1) is 24.0 Å². The van der Waals surface area contributed by atoms with Crippen molar-refractivity contribution < 1.29 is 19.0 Å². The number of rotatable bonds is 10. The summed E-state index contributed by atoms with van der Waals surface area (Å²) in [5.74, 6) is 0.426. The first-order chi connectivity index (χ1) is 9.24. The molecule has 0 aliphatic rings. The Balaban J connectivity index is 0. The van der Waals surface area contributed by atoms with E-state index in [1.54, 1.807) is 14.2 Å². The van der Waals surface area contributed by atoms with Crippen LogP contribution in [0.2, 0.25) is 0 Å². The molecule has 0 spiro atoms. The standard InChI is InChI=1S/C12H25N3O4.HI/c1-13-12(15-7-5-11(16)18-3)14-6-4-8-19-10-9-17-2;/h4-10H2,1-3H3,(H2,13,14,15);1H. The van der Waals surface area contributed by atoms with Crippen molar-refractivity contribution in [2.75, 3.05) is 54.2 Å². The van der Waals surface area contributed by atoms with Crippen LogP contribution in [0.25, 0.3) is 0 Å². The van der Waals surface area contributed by atoms with Gasteiger partial charge in [-0.3, -0.25) is 9.79 Å². The van der Waals surface area contributed by atoms with E-state index in [0.717, 1.165) is 13.0 Å². The fraction of sp³-hybridized carbons (Fsp3) is 0.833. The second-order valence-corrected chi connectivity index (χ2v) is 3.71. The molecule has 0 aromatic rings. The summed E-state index contributed by atoms with van der Waals surface area (Å²) in [5.41, 5.74) is 0. The van der Waals surface area contributed by atoms with Crippen LogP contribution in [0.4, 0.5) is 0 Å². The lowest BCUT2D eigenvalue weighted by Crippen LogP contribution is -2.39. The summed E-state index contributed by atoms with van der Waals surface area (Å²) in [6, 6.07) is 0. The van der Waals surface area contributed by atoms with Crippen LogP contribution < -0.4 is 10.6 Å². The topological polar surface area (TPSA) is 81.2 Å². The first-order valence-electron chi connectivity index (χ1n) is 6.32. The van der Waals surface area contributed by atoms with E-state index in [4.69, 9.17) is 9.47 Å². The van der Waals surface area contributed by atoms with E-state index in [2.05, 4.69) is 20.4 Å². The molecule has 0 amide bonds. The maximum absolute atomic E-state index is 10.9. The number of guanidine groups is 1. The van der Waals surface area contributed by atoms with E-state index in [9.17, 15) is 4.79 Å². The largest absolute Gasteiger partial charge is 0.469 e. The average Bonchev–Trinajstić information content (AvgIpc) is 2.44. The van der Waals surface area contributed by atoms with E-state index < -0.39 is 0 Å². The molecule has 2 N–H and O–H groups in total. The van der Waals surface area contributed by atoms with Crippen molar-refractivity contribution in [1.82, 2.24) is 10.6 Å². The molecule has 7 nitrogen and oxygen atoms in total. The Morgan fingerprint density at radius 2 is 1.80 bits per heavy atom. The number of methoxy groups -OCH3 is 2. The Hall–Kier alpha value is -0.610. The van der Waals surface area contributed by atoms with Gasteiger partial charge in [0.05, 0.1) is 26.7 Å². The van der Waals surface area contributed by atoms with Crippen LogP contribution in [-0.4, -0.2) is 66.1 Å². The van der Waals surface area contributed by atoms with Crippen LogP contribution in [0.1, 0.15) is 12.8 Å². The van der Waals surface area contributed by atoms with Crippen LogP contribution in [0.3, 0.4) is 0 Å². The first kappa shape index (κ1) is 21.7. The molecule has 8 heteroatoms. The minimum Gasteiger partial charge on any atom is -0.469 e. The molecule has 0 radical (unpaired) electrons. The zero-order valence-electron chi connectivity index (χ0n) is 12.4. The summed E-state index contributed by atoms with van der Waals surface area (Å²) < 4.78 is 14.7. The summed E-state index contributed by atoms with van der Waals surface area (Å²) in [4.78, 5) is 15.0. The number of hydrogen-bond acceptors (Lipinski definition) is 5. The normalized spacial score (nSPS) is 10.7. The predicted molar refractivity (Wildman–Crippen MR) is 88.7 cm³/mol. The van der Waals surface area contributed by atoms with Gasteiger partial charge in [0.2, 0.25) is 0 Å². The Bertz CT molecular complexity index is 265. The molecule has 0 saturated carbocycles. The van der Waals surface area contributed by atoms with E-state index in [-0.39, 0.29) is 29.9 Å². The van der Waals surface area contributed by atoms with Crippen molar-refractivity contribution in [3.63, 3.8) is 0 Å². The summed E-state index contributed by atoms with van der Waals surface area (Å²) in [5, 5.41) is 6.15. The highest BCUT2D eigenvalue weighted by Gasteiger charge is 2.01. The highest BCUT2D eigenvalue weighted by atomic mass is 127. The van der Waals surface area contributed by atoms with Crippen molar-refractivity contribution in [2.45, 2.75) is 12.8 Å². The van der Waals surface area contributed by atoms with Gasteiger partial charge in [0.1, 0.15) is 0 Å². The van der Waals surface area contributed by atoms with Gasteiger partial charge >= 0.3 is 5.97 Å². The fourth-order valence-corrected chi connectivity index (χ4v) is 1.23. The zero-order valence-corrected chi connectivity index (χ0v) is 14.8. The fourth-order valence-electron chi connectivity index (χ4n) is 1.23. The van der Waals surface area contributed by atoms with Gasteiger partial charge in [-0.05, 0) is 6.42 Å². The molecule has 0 rings (SSSR count). The quantitative estimate of drug-likeness (QED) is 0.181. The maximum atomic E-state index is 10.9. The van der Waals surface area contributed by atoms with Gasteiger partial charge in [-0.2, -0.15) is 0 Å². The van der Waals surface area contributed by atoms with Gasteiger partial charge in [0, 0.05) is 33.9 Å². The second kappa shape index (κ2) is 16.4. The molecular formula is C12H26IN3O4. The SMILES string of the molecule is CN=C(NCCCOCCOC)NCCC(=O)OC.I. The molecular weight excluding hydrogens is 377 g/mol. The van der Waals surface area contributed by atoms with E-state index >= 15 is 0 Å². The number of aliphatic imine (C=N–C) groups is 1. The molecule has 0 aromatic heterocycles. The van der Waals surface area contributed by atoms with Crippen molar-refractivity contribution in [2.24, 2.45) is 4.99 Å². The lowest BCUT2D eigenvalue weighted by atomic mass is 10.4. The van der Waals surface area contributed by atoms with Gasteiger partial charge in [0.15, 0.2) is 5.96 Å². The molecule has 120 valence electrons.